The van der Waals surface area contributed by atoms with E-state index in [4.69, 9.17) is 9.62 Å². The van der Waals surface area contributed by atoms with Gasteiger partial charge in [-0.2, -0.15) is 0 Å². The maximum absolute atomic E-state index is 10.9. The molecule has 0 bridgehead atoms. The van der Waals surface area contributed by atoms with Gasteiger partial charge in [-0.25, -0.2) is 15.1 Å². The van der Waals surface area contributed by atoms with Gasteiger partial charge in [0.05, 0.1) is 6.20 Å². The maximum Gasteiger partial charge on any atom is 0.267 e. The number of aromatic nitrogens is 4. The summed E-state index contributed by atoms with van der Waals surface area (Å²) in [5.41, 5.74) is 2.56. The van der Waals surface area contributed by atoms with E-state index in [9.17, 15) is 4.79 Å². The highest BCUT2D eigenvalue weighted by molar-refractivity contribution is 5.90. The Morgan fingerprint density at radius 2 is 2.43 bits per heavy atom. The first-order valence-electron chi connectivity index (χ1n) is 6.10. The van der Waals surface area contributed by atoms with Gasteiger partial charge in [0.15, 0.2) is 0 Å². The summed E-state index contributed by atoms with van der Waals surface area (Å²) in [6.45, 7) is 0.406. The quantitative estimate of drug-likeness (QED) is 0.420. The summed E-state index contributed by atoms with van der Waals surface area (Å²) in [6.07, 6.45) is 5.91. The zero-order valence-corrected chi connectivity index (χ0v) is 10.8. The minimum Gasteiger partial charge on any atom is -0.441 e. The Bertz CT molecular complexity index is 772. The molecule has 3 rings (SSSR count). The highest BCUT2D eigenvalue weighted by Crippen LogP contribution is 2.17. The van der Waals surface area contributed by atoms with E-state index in [1.165, 1.54) is 11.6 Å². The number of pyridine rings is 1. The topological polar surface area (TPSA) is 106 Å². The Labute approximate surface area is 118 Å². The van der Waals surface area contributed by atoms with Crippen LogP contribution in [0.15, 0.2) is 41.1 Å². The molecule has 0 radical (unpaired) electrons. The van der Waals surface area contributed by atoms with E-state index in [-0.39, 0.29) is 0 Å². The number of carbonyl (C=O) groups excluding carboxylic acids is 1. The van der Waals surface area contributed by atoms with Crippen molar-refractivity contribution >= 4 is 23.1 Å². The fourth-order valence-electron chi connectivity index (χ4n) is 1.83. The fraction of sp³-hybridized carbons (Fsp3) is 0.0769. The van der Waals surface area contributed by atoms with Crippen molar-refractivity contribution in [2.75, 3.05) is 0 Å². The van der Waals surface area contributed by atoms with Gasteiger partial charge >= 0.3 is 0 Å². The molecular weight excluding hydrogens is 274 g/mol. The number of nitrogens with zero attached hydrogens (tertiary/aromatic N) is 4. The molecule has 8 nitrogen and oxygen atoms in total. The minimum absolute atomic E-state index is 0.406. The van der Waals surface area contributed by atoms with E-state index in [0.29, 0.717) is 23.7 Å². The molecule has 0 saturated carbocycles. The largest absolute Gasteiger partial charge is 0.441 e. The van der Waals surface area contributed by atoms with Gasteiger partial charge in [0.25, 0.3) is 5.91 Å². The molecule has 21 heavy (non-hydrogen) atoms. The van der Waals surface area contributed by atoms with Gasteiger partial charge in [-0.1, -0.05) is 5.21 Å². The molecule has 3 aromatic rings. The van der Waals surface area contributed by atoms with Gasteiger partial charge in [-0.05, 0) is 24.3 Å². The second-order valence-electron chi connectivity index (χ2n) is 4.26. The Morgan fingerprint density at radius 1 is 1.52 bits per heavy atom. The molecule has 0 aliphatic rings. The number of hydrogen-bond donors (Lipinski definition) is 2. The predicted octanol–water partition coefficient (Wildman–Crippen LogP) is 0.986. The number of amides is 1. The Morgan fingerprint density at radius 3 is 3.24 bits per heavy atom. The third-order valence-corrected chi connectivity index (χ3v) is 2.73. The van der Waals surface area contributed by atoms with Crippen molar-refractivity contribution < 1.29 is 14.4 Å². The van der Waals surface area contributed by atoms with Crippen molar-refractivity contribution in [1.82, 2.24) is 25.5 Å². The smallest absolute Gasteiger partial charge is 0.267 e. The van der Waals surface area contributed by atoms with E-state index in [0.717, 1.165) is 11.5 Å². The lowest BCUT2D eigenvalue weighted by molar-refractivity contribution is -0.124. The minimum atomic E-state index is -0.632. The third-order valence-electron chi connectivity index (χ3n) is 2.73. The van der Waals surface area contributed by atoms with Crippen molar-refractivity contribution in [3.8, 4) is 0 Å². The zero-order valence-electron chi connectivity index (χ0n) is 10.8. The van der Waals surface area contributed by atoms with Crippen LogP contribution in [-0.2, 0) is 11.3 Å². The van der Waals surface area contributed by atoms with Gasteiger partial charge in [0, 0.05) is 17.7 Å². The number of rotatable bonds is 4. The molecule has 3 aromatic heterocycles. The van der Waals surface area contributed by atoms with Crippen LogP contribution in [-0.4, -0.2) is 31.1 Å². The SMILES string of the molecule is O=C(C=Cc1cn(Cc2cc3cccnc3o2)nn1)NO. The van der Waals surface area contributed by atoms with E-state index >= 15 is 0 Å². The van der Waals surface area contributed by atoms with Crippen LogP contribution in [0.25, 0.3) is 17.2 Å². The number of fused-ring (bicyclic) bond motifs is 1. The third kappa shape index (κ3) is 2.95. The van der Waals surface area contributed by atoms with Gasteiger partial charge < -0.3 is 4.42 Å². The summed E-state index contributed by atoms with van der Waals surface area (Å²) in [5, 5.41) is 17.1. The number of hydroxylamine groups is 1. The number of furan rings is 1. The molecule has 3 heterocycles. The number of hydrogen-bond acceptors (Lipinski definition) is 6. The number of nitrogens with one attached hydrogen (secondary N) is 1. The van der Waals surface area contributed by atoms with Gasteiger partial charge in [0.1, 0.15) is 18.0 Å². The highest BCUT2D eigenvalue weighted by Gasteiger charge is 2.06. The number of carbonyl (C=O) groups is 1. The van der Waals surface area contributed by atoms with E-state index in [2.05, 4.69) is 15.3 Å². The molecule has 2 N–H and O–H groups in total. The van der Waals surface area contributed by atoms with Crippen LogP contribution < -0.4 is 5.48 Å². The second-order valence-corrected chi connectivity index (χ2v) is 4.26. The molecule has 0 aliphatic heterocycles. The van der Waals surface area contributed by atoms with Crippen LogP contribution >= 0.6 is 0 Å². The average molecular weight is 285 g/mol. The van der Waals surface area contributed by atoms with Crippen LogP contribution in [0.4, 0.5) is 0 Å². The van der Waals surface area contributed by atoms with Crippen molar-refractivity contribution in [3.63, 3.8) is 0 Å². The van der Waals surface area contributed by atoms with Crippen molar-refractivity contribution in [2.45, 2.75) is 6.54 Å². The van der Waals surface area contributed by atoms with Crippen LogP contribution in [0.5, 0.6) is 0 Å². The van der Waals surface area contributed by atoms with E-state index < -0.39 is 5.91 Å². The Kier molecular flexibility index (Phi) is 3.44. The van der Waals surface area contributed by atoms with Crippen LogP contribution in [0.3, 0.4) is 0 Å². The van der Waals surface area contributed by atoms with E-state index in [1.807, 2.05) is 18.2 Å². The second kappa shape index (κ2) is 5.55. The lowest BCUT2D eigenvalue weighted by Gasteiger charge is -1.94. The molecule has 0 unspecified atom stereocenters. The van der Waals surface area contributed by atoms with Gasteiger partial charge in [0.2, 0.25) is 5.71 Å². The molecule has 0 saturated heterocycles. The lowest BCUT2D eigenvalue weighted by atomic mass is 10.3. The fourth-order valence-corrected chi connectivity index (χ4v) is 1.83. The molecule has 0 fully saturated rings. The molecule has 1 amide bonds. The summed E-state index contributed by atoms with van der Waals surface area (Å²) >= 11 is 0. The Hall–Kier alpha value is -3.00. The molecular formula is C13H11N5O3. The molecule has 0 aliphatic carbocycles. The molecule has 0 aromatic carbocycles. The zero-order chi connectivity index (χ0) is 14.7. The summed E-state index contributed by atoms with van der Waals surface area (Å²) in [7, 11) is 0. The van der Waals surface area contributed by atoms with Crippen molar-refractivity contribution in [2.24, 2.45) is 0 Å². The summed E-state index contributed by atoms with van der Waals surface area (Å²) < 4.78 is 7.16. The average Bonchev–Trinajstić information content (AvgIpc) is 3.10. The predicted molar refractivity (Wildman–Crippen MR) is 72.1 cm³/mol. The summed E-state index contributed by atoms with van der Waals surface area (Å²) in [6, 6.07) is 5.64. The highest BCUT2D eigenvalue weighted by atomic mass is 16.5. The van der Waals surface area contributed by atoms with E-state index in [1.54, 1.807) is 17.1 Å². The maximum atomic E-state index is 10.9. The first-order valence-corrected chi connectivity index (χ1v) is 6.10. The lowest BCUT2D eigenvalue weighted by Crippen LogP contribution is -2.14. The van der Waals surface area contributed by atoms with Crippen LogP contribution in [0, 0.1) is 0 Å². The summed E-state index contributed by atoms with van der Waals surface area (Å²) in [4.78, 5) is 15.0. The van der Waals surface area contributed by atoms with Crippen LogP contribution in [0.2, 0.25) is 0 Å². The first-order chi connectivity index (χ1) is 10.2. The molecule has 8 heteroatoms. The van der Waals surface area contributed by atoms with Gasteiger partial charge in [-0.3, -0.25) is 10.0 Å². The normalized spacial score (nSPS) is 11.3. The molecule has 0 atom stereocenters. The standard InChI is InChI=1S/C13H11N5O3/c19-12(16-20)4-3-10-7-18(17-15-10)8-11-6-9-2-1-5-14-13(9)21-11/h1-7,20H,8H2,(H,16,19). The molecule has 106 valence electrons. The molecule has 0 spiro atoms. The Balaban J connectivity index is 1.74. The van der Waals surface area contributed by atoms with Crippen LogP contribution in [0.1, 0.15) is 11.5 Å². The van der Waals surface area contributed by atoms with Crippen molar-refractivity contribution in [1.29, 1.82) is 0 Å². The monoisotopic (exact) mass is 285 g/mol. The van der Waals surface area contributed by atoms with Crippen molar-refractivity contribution in [3.05, 3.63) is 48.1 Å². The van der Waals surface area contributed by atoms with Gasteiger partial charge in [-0.15, -0.1) is 5.10 Å². The first kappa shape index (κ1) is 13.0. The summed E-state index contributed by atoms with van der Waals surface area (Å²) in [5.74, 6) is 0.0742.